The Morgan fingerprint density at radius 1 is 1.35 bits per heavy atom. The van der Waals surface area contributed by atoms with E-state index in [1.165, 1.54) is 0 Å². The number of fused-ring (bicyclic) bond motifs is 1. The molecule has 0 bridgehead atoms. The average molecular weight is 419 g/mol. The van der Waals surface area contributed by atoms with Gasteiger partial charge in [-0.15, -0.1) is 0 Å². The van der Waals surface area contributed by atoms with Gasteiger partial charge in [-0.1, -0.05) is 12.1 Å². The van der Waals surface area contributed by atoms with Crippen molar-refractivity contribution in [2.24, 2.45) is 0 Å². The molecule has 7 heteroatoms. The van der Waals surface area contributed by atoms with E-state index in [0.29, 0.717) is 5.69 Å². The highest BCUT2D eigenvalue weighted by molar-refractivity contribution is 9.10. The minimum absolute atomic E-state index is 0.0478. The normalized spacial score (nSPS) is 14.4. The number of methoxy groups -OCH3 is 1. The van der Waals surface area contributed by atoms with Gasteiger partial charge in [-0.05, 0) is 53.2 Å². The van der Waals surface area contributed by atoms with Crippen molar-refractivity contribution in [1.29, 1.82) is 0 Å². The Kier molecular flexibility index (Phi) is 5.58. The number of ether oxygens (including phenoxy) is 1. The van der Waals surface area contributed by atoms with E-state index in [4.69, 9.17) is 4.74 Å². The molecule has 0 aromatic heterocycles. The van der Waals surface area contributed by atoms with Crippen LogP contribution >= 0.6 is 15.9 Å². The summed E-state index contributed by atoms with van der Waals surface area (Å²) >= 11 is 3.48. The van der Waals surface area contributed by atoms with Crippen LogP contribution in [0.25, 0.3) is 0 Å². The zero-order valence-electron chi connectivity index (χ0n) is 14.7. The molecule has 26 heavy (non-hydrogen) atoms. The number of para-hydroxylation sites is 2. The lowest BCUT2D eigenvalue weighted by Crippen LogP contribution is -2.87. The minimum atomic E-state index is -0.177. The number of amides is 2. The topological polar surface area (TPSA) is 75.2 Å². The van der Waals surface area contributed by atoms with Gasteiger partial charge in [0.1, 0.15) is 18.3 Å². The number of carbonyl (C=O) groups excluding carboxylic acids is 2. The van der Waals surface area contributed by atoms with Crippen molar-refractivity contribution in [3.8, 4) is 5.75 Å². The second-order valence-corrected chi connectivity index (χ2v) is 7.02. The Balaban J connectivity index is 1.67. The number of nitrogens with zero attached hydrogens (tertiary/aromatic N) is 1. The third kappa shape index (κ3) is 3.89. The third-order valence-electron chi connectivity index (χ3n) is 4.42. The molecule has 0 radical (unpaired) electrons. The second-order valence-electron chi connectivity index (χ2n) is 6.17. The Labute approximate surface area is 160 Å². The molecule has 0 saturated heterocycles. The van der Waals surface area contributed by atoms with Crippen LogP contribution in [0.5, 0.6) is 5.75 Å². The van der Waals surface area contributed by atoms with Gasteiger partial charge < -0.3 is 15.4 Å². The number of halogens is 1. The molecule has 2 amide bonds. The van der Waals surface area contributed by atoms with Crippen molar-refractivity contribution in [2.45, 2.75) is 13.0 Å². The number of nitrogens with two attached hydrogens (primary N) is 1. The lowest BCUT2D eigenvalue weighted by atomic mass is 10.1. The van der Waals surface area contributed by atoms with E-state index < -0.39 is 0 Å². The van der Waals surface area contributed by atoms with Crippen LogP contribution in [0.4, 0.5) is 11.4 Å². The van der Waals surface area contributed by atoms with E-state index in [0.717, 1.165) is 21.5 Å². The summed E-state index contributed by atoms with van der Waals surface area (Å²) in [6.07, 6.45) is 0. The van der Waals surface area contributed by atoms with Crippen molar-refractivity contribution < 1.29 is 19.6 Å². The monoisotopic (exact) mass is 418 g/mol. The van der Waals surface area contributed by atoms with E-state index in [-0.39, 0.29) is 30.9 Å². The van der Waals surface area contributed by atoms with Crippen LogP contribution in [0.3, 0.4) is 0 Å². The van der Waals surface area contributed by atoms with Crippen LogP contribution in [-0.2, 0) is 9.59 Å². The van der Waals surface area contributed by atoms with Gasteiger partial charge in [-0.2, -0.15) is 0 Å². The standard InChI is InChI=1S/C19H20BrN3O3/c1-12(13-7-8-17(26-2)14(20)9-13)21-10-19(25)23-11-18(24)22-15-5-3-4-6-16(15)23/h3-9,12,21H,10-11H2,1-2H3,(H,22,24)/p+1/t12-/m1/s1. The van der Waals surface area contributed by atoms with Gasteiger partial charge in [0.05, 0.1) is 23.0 Å². The summed E-state index contributed by atoms with van der Waals surface area (Å²) in [7, 11) is 1.63. The first-order valence-electron chi connectivity index (χ1n) is 8.35. The van der Waals surface area contributed by atoms with Gasteiger partial charge in [-0.25, -0.2) is 0 Å². The maximum Gasteiger partial charge on any atom is 0.282 e. The van der Waals surface area contributed by atoms with Crippen LogP contribution < -0.4 is 20.3 Å². The van der Waals surface area contributed by atoms with E-state index in [1.54, 1.807) is 18.1 Å². The van der Waals surface area contributed by atoms with Crippen LogP contribution in [0.2, 0.25) is 0 Å². The quantitative estimate of drug-likeness (QED) is 0.780. The number of anilines is 2. The predicted molar refractivity (Wildman–Crippen MR) is 103 cm³/mol. The van der Waals surface area contributed by atoms with Crippen LogP contribution in [0.15, 0.2) is 46.9 Å². The molecule has 2 aromatic rings. The molecule has 1 aliphatic heterocycles. The van der Waals surface area contributed by atoms with Gasteiger partial charge in [0.2, 0.25) is 5.91 Å². The molecule has 0 fully saturated rings. The maximum atomic E-state index is 12.7. The molecule has 1 atom stereocenters. The molecular weight excluding hydrogens is 398 g/mol. The van der Waals surface area contributed by atoms with Crippen molar-refractivity contribution in [1.82, 2.24) is 0 Å². The van der Waals surface area contributed by atoms with Crippen LogP contribution in [0.1, 0.15) is 18.5 Å². The van der Waals surface area contributed by atoms with Crippen molar-refractivity contribution in [2.75, 3.05) is 30.4 Å². The molecule has 0 aliphatic carbocycles. The number of nitrogens with one attached hydrogen (secondary N) is 1. The molecule has 3 rings (SSSR count). The van der Waals surface area contributed by atoms with Crippen molar-refractivity contribution >= 4 is 39.1 Å². The molecule has 0 saturated carbocycles. The Bertz CT molecular complexity index is 841. The Hall–Kier alpha value is -2.38. The van der Waals surface area contributed by atoms with Gasteiger partial charge in [-0.3, -0.25) is 14.5 Å². The maximum absolute atomic E-state index is 12.7. The smallest absolute Gasteiger partial charge is 0.282 e. The highest BCUT2D eigenvalue weighted by Gasteiger charge is 2.27. The average Bonchev–Trinajstić information content (AvgIpc) is 2.65. The summed E-state index contributed by atoms with van der Waals surface area (Å²) in [4.78, 5) is 26.1. The van der Waals surface area contributed by atoms with Crippen molar-refractivity contribution in [3.05, 3.63) is 52.5 Å². The summed E-state index contributed by atoms with van der Waals surface area (Å²) in [5.41, 5.74) is 2.50. The fraction of sp³-hybridized carbons (Fsp3) is 0.263. The van der Waals surface area contributed by atoms with Gasteiger partial charge in [0.15, 0.2) is 6.54 Å². The predicted octanol–water partition coefficient (Wildman–Crippen LogP) is 2.07. The number of carbonyl (C=O) groups is 2. The molecule has 0 spiro atoms. The summed E-state index contributed by atoms with van der Waals surface area (Å²) < 4.78 is 6.13. The van der Waals surface area contributed by atoms with Crippen LogP contribution in [-0.4, -0.2) is 32.0 Å². The zero-order chi connectivity index (χ0) is 18.7. The summed E-state index contributed by atoms with van der Waals surface area (Å²) in [5, 5.41) is 4.76. The number of rotatable bonds is 5. The molecule has 136 valence electrons. The fourth-order valence-corrected chi connectivity index (χ4v) is 3.50. The highest BCUT2D eigenvalue weighted by atomic mass is 79.9. The second kappa shape index (κ2) is 7.88. The van der Waals surface area contributed by atoms with E-state index in [2.05, 4.69) is 21.2 Å². The number of hydrogen-bond acceptors (Lipinski definition) is 3. The number of hydrogen-bond donors (Lipinski definition) is 2. The number of quaternary nitrogens is 1. The van der Waals surface area contributed by atoms with Gasteiger partial charge in [0.25, 0.3) is 5.91 Å². The largest absolute Gasteiger partial charge is 0.496 e. The first-order valence-corrected chi connectivity index (χ1v) is 9.15. The van der Waals surface area contributed by atoms with E-state index >= 15 is 0 Å². The molecule has 1 aliphatic rings. The molecule has 6 nitrogen and oxygen atoms in total. The molecule has 3 N–H and O–H groups in total. The summed E-state index contributed by atoms with van der Waals surface area (Å²) in [6.45, 7) is 2.34. The van der Waals surface area contributed by atoms with E-state index in [1.807, 2.05) is 48.6 Å². The third-order valence-corrected chi connectivity index (χ3v) is 5.04. The van der Waals surface area contributed by atoms with Crippen LogP contribution in [0, 0.1) is 0 Å². The molecule has 1 heterocycles. The molecular formula is C19H21BrN3O3+. The SMILES string of the molecule is COc1ccc([C@@H](C)[NH2+]CC(=O)N2CC(=O)Nc3ccccc32)cc1Br. The van der Waals surface area contributed by atoms with Gasteiger partial charge in [0, 0.05) is 5.56 Å². The number of benzene rings is 2. The first-order chi connectivity index (χ1) is 12.5. The Morgan fingerprint density at radius 3 is 2.85 bits per heavy atom. The molecule has 0 unspecified atom stereocenters. The lowest BCUT2D eigenvalue weighted by molar-refractivity contribution is -0.682. The minimum Gasteiger partial charge on any atom is -0.496 e. The zero-order valence-corrected chi connectivity index (χ0v) is 16.2. The lowest BCUT2D eigenvalue weighted by Gasteiger charge is -2.28. The summed E-state index contributed by atoms with van der Waals surface area (Å²) in [5.74, 6) is 0.504. The Morgan fingerprint density at radius 2 is 2.12 bits per heavy atom. The first kappa shape index (κ1) is 18.4. The highest BCUT2D eigenvalue weighted by Crippen LogP contribution is 2.29. The fourth-order valence-electron chi connectivity index (χ4n) is 2.95. The van der Waals surface area contributed by atoms with Gasteiger partial charge >= 0.3 is 0 Å². The summed E-state index contributed by atoms with van der Waals surface area (Å²) in [6, 6.07) is 13.3. The van der Waals surface area contributed by atoms with E-state index in [9.17, 15) is 9.59 Å². The van der Waals surface area contributed by atoms with Crippen molar-refractivity contribution in [3.63, 3.8) is 0 Å². The molecule has 2 aromatic carbocycles.